The van der Waals surface area contributed by atoms with Gasteiger partial charge in [-0.05, 0) is 29.8 Å². The molecule has 1 aliphatic rings. The molecular weight excluding hydrogens is 332 g/mol. The van der Waals surface area contributed by atoms with Gasteiger partial charge in [-0.1, -0.05) is 29.4 Å². The standard InChI is InChI=1S/C19H16N4O3/c1-2-7-16-15(6-1)24-11-17(25-16)18-22-23-19(26-18)21-10-12-4-3-5-14-13(12)8-9-20-14/h1-9,17,20H,10-11H2,(H,21,23)/t17-/m0/s1. The third-order valence-corrected chi connectivity index (χ3v) is 4.34. The van der Waals surface area contributed by atoms with Gasteiger partial charge in [-0.3, -0.25) is 0 Å². The number of rotatable bonds is 4. The van der Waals surface area contributed by atoms with Crippen LogP contribution in [0.25, 0.3) is 10.9 Å². The minimum Gasteiger partial charge on any atom is -0.485 e. The molecule has 2 aromatic carbocycles. The molecule has 0 amide bonds. The summed E-state index contributed by atoms with van der Waals surface area (Å²) in [4.78, 5) is 3.20. The fourth-order valence-corrected chi connectivity index (χ4v) is 3.05. The molecule has 0 aliphatic carbocycles. The van der Waals surface area contributed by atoms with Gasteiger partial charge in [0.1, 0.15) is 6.61 Å². The number of nitrogens with one attached hydrogen (secondary N) is 2. The maximum atomic E-state index is 5.89. The lowest BCUT2D eigenvalue weighted by Crippen LogP contribution is -2.21. The van der Waals surface area contributed by atoms with Gasteiger partial charge in [-0.15, -0.1) is 5.10 Å². The average Bonchev–Trinajstić information content (AvgIpc) is 3.35. The number of aromatic amines is 1. The number of ether oxygens (including phenoxy) is 2. The molecule has 0 radical (unpaired) electrons. The second-order valence-corrected chi connectivity index (χ2v) is 6.02. The quantitative estimate of drug-likeness (QED) is 0.585. The summed E-state index contributed by atoms with van der Waals surface area (Å²) >= 11 is 0. The van der Waals surface area contributed by atoms with E-state index in [-0.39, 0.29) is 0 Å². The number of anilines is 1. The molecule has 0 fully saturated rings. The average molecular weight is 348 g/mol. The molecular formula is C19H16N4O3. The van der Waals surface area contributed by atoms with Crippen LogP contribution in [0.4, 0.5) is 6.01 Å². The first-order valence-electron chi connectivity index (χ1n) is 8.37. The van der Waals surface area contributed by atoms with Crippen LogP contribution in [0.15, 0.2) is 59.1 Å². The van der Waals surface area contributed by atoms with Crippen molar-refractivity contribution in [3.63, 3.8) is 0 Å². The summed E-state index contributed by atoms with van der Waals surface area (Å²) in [6.45, 7) is 0.920. The van der Waals surface area contributed by atoms with Gasteiger partial charge >= 0.3 is 6.01 Å². The largest absolute Gasteiger partial charge is 0.485 e. The number of hydrogen-bond donors (Lipinski definition) is 2. The first kappa shape index (κ1) is 14.8. The predicted octanol–water partition coefficient (Wildman–Crippen LogP) is 3.68. The Morgan fingerprint density at radius 2 is 1.96 bits per heavy atom. The van der Waals surface area contributed by atoms with E-state index >= 15 is 0 Å². The molecule has 4 aromatic rings. The molecule has 26 heavy (non-hydrogen) atoms. The number of benzene rings is 2. The number of nitrogens with zero attached hydrogens (tertiary/aromatic N) is 2. The zero-order valence-corrected chi connectivity index (χ0v) is 13.8. The topological polar surface area (TPSA) is 85.2 Å². The molecule has 7 nitrogen and oxygen atoms in total. The van der Waals surface area contributed by atoms with E-state index in [1.54, 1.807) is 0 Å². The van der Waals surface area contributed by atoms with Crippen LogP contribution in [0.1, 0.15) is 17.6 Å². The van der Waals surface area contributed by atoms with Gasteiger partial charge in [0.15, 0.2) is 11.5 Å². The highest BCUT2D eigenvalue weighted by Gasteiger charge is 2.27. The van der Waals surface area contributed by atoms with Crippen LogP contribution in [0, 0.1) is 0 Å². The molecule has 0 bridgehead atoms. The fraction of sp³-hybridized carbons (Fsp3) is 0.158. The minimum atomic E-state index is -0.416. The van der Waals surface area contributed by atoms with Gasteiger partial charge in [0.2, 0.25) is 6.10 Å². The van der Waals surface area contributed by atoms with Crippen LogP contribution in [-0.4, -0.2) is 21.8 Å². The maximum Gasteiger partial charge on any atom is 0.315 e. The summed E-state index contributed by atoms with van der Waals surface area (Å²) < 4.78 is 17.3. The van der Waals surface area contributed by atoms with Crippen molar-refractivity contribution >= 4 is 16.9 Å². The molecule has 0 spiro atoms. The molecule has 2 aromatic heterocycles. The summed E-state index contributed by atoms with van der Waals surface area (Å²) in [7, 11) is 0. The molecule has 1 atom stereocenters. The Hall–Kier alpha value is -3.48. The van der Waals surface area contributed by atoms with Crippen molar-refractivity contribution in [1.29, 1.82) is 0 Å². The third kappa shape index (κ3) is 2.63. The highest BCUT2D eigenvalue weighted by Crippen LogP contribution is 2.35. The van der Waals surface area contributed by atoms with Gasteiger partial charge in [-0.25, -0.2) is 0 Å². The lowest BCUT2D eigenvalue weighted by molar-refractivity contribution is 0.0717. The number of fused-ring (bicyclic) bond motifs is 2. The van der Waals surface area contributed by atoms with Crippen molar-refractivity contribution in [2.75, 3.05) is 11.9 Å². The Bertz CT molecular complexity index is 1060. The van der Waals surface area contributed by atoms with Gasteiger partial charge < -0.3 is 24.2 Å². The van der Waals surface area contributed by atoms with Crippen molar-refractivity contribution in [3.05, 3.63) is 66.2 Å². The van der Waals surface area contributed by atoms with Crippen molar-refractivity contribution in [1.82, 2.24) is 15.2 Å². The van der Waals surface area contributed by atoms with E-state index < -0.39 is 6.10 Å². The van der Waals surface area contributed by atoms with Crippen molar-refractivity contribution in [2.24, 2.45) is 0 Å². The van der Waals surface area contributed by atoms with Crippen LogP contribution in [0.5, 0.6) is 11.5 Å². The Labute approximate surface area is 149 Å². The Morgan fingerprint density at radius 3 is 2.92 bits per heavy atom. The van der Waals surface area contributed by atoms with Crippen LogP contribution in [-0.2, 0) is 6.54 Å². The summed E-state index contributed by atoms with van der Waals surface area (Å²) in [6.07, 6.45) is 1.51. The molecule has 7 heteroatoms. The van der Waals surface area contributed by atoms with Gasteiger partial charge in [-0.2, -0.15) is 0 Å². The van der Waals surface area contributed by atoms with Crippen LogP contribution >= 0.6 is 0 Å². The van der Waals surface area contributed by atoms with Crippen molar-refractivity contribution < 1.29 is 13.9 Å². The van der Waals surface area contributed by atoms with Crippen molar-refractivity contribution in [2.45, 2.75) is 12.6 Å². The fourth-order valence-electron chi connectivity index (χ4n) is 3.05. The summed E-state index contributed by atoms with van der Waals surface area (Å²) in [5, 5.41) is 12.5. The van der Waals surface area contributed by atoms with Crippen molar-refractivity contribution in [3.8, 4) is 11.5 Å². The Balaban J connectivity index is 1.29. The maximum absolute atomic E-state index is 5.89. The molecule has 3 heterocycles. The monoisotopic (exact) mass is 348 g/mol. The first-order chi connectivity index (χ1) is 12.9. The van der Waals surface area contributed by atoms with E-state index in [4.69, 9.17) is 13.9 Å². The molecule has 0 saturated heterocycles. The second-order valence-electron chi connectivity index (χ2n) is 6.02. The van der Waals surface area contributed by atoms with Gasteiger partial charge in [0.25, 0.3) is 5.89 Å². The Kier molecular flexibility index (Phi) is 3.48. The lowest BCUT2D eigenvalue weighted by atomic mass is 10.1. The molecule has 0 saturated carbocycles. The first-order valence-corrected chi connectivity index (χ1v) is 8.37. The van der Waals surface area contributed by atoms with E-state index in [9.17, 15) is 0 Å². The summed E-state index contributed by atoms with van der Waals surface area (Å²) in [5.74, 6) is 1.79. The van der Waals surface area contributed by atoms with E-state index in [0.29, 0.717) is 30.8 Å². The van der Waals surface area contributed by atoms with E-state index in [1.165, 1.54) is 5.39 Å². The SMILES string of the molecule is c1ccc2c(c1)OC[C@@H](c1nnc(NCc3cccc4[nH]ccc34)o1)O2. The number of para-hydroxylation sites is 2. The highest BCUT2D eigenvalue weighted by atomic mass is 16.6. The predicted molar refractivity (Wildman–Crippen MR) is 95.2 cm³/mol. The summed E-state index contributed by atoms with van der Waals surface area (Å²) in [6, 6.07) is 16.1. The van der Waals surface area contributed by atoms with E-state index in [1.807, 2.05) is 42.6 Å². The highest BCUT2D eigenvalue weighted by molar-refractivity contribution is 5.83. The smallest absolute Gasteiger partial charge is 0.315 e. The third-order valence-electron chi connectivity index (χ3n) is 4.34. The summed E-state index contributed by atoms with van der Waals surface area (Å²) in [5.41, 5.74) is 2.25. The number of aromatic nitrogens is 3. The normalized spacial score (nSPS) is 15.9. The number of H-pyrrole nitrogens is 1. The zero-order chi connectivity index (χ0) is 17.3. The zero-order valence-electron chi connectivity index (χ0n) is 13.8. The van der Waals surface area contributed by atoms with Gasteiger partial charge in [0, 0.05) is 23.6 Å². The molecule has 1 aliphatic heterocycles. The lowest BCUT2D eigenvalue weighted by Gasteiger charge is -2.23. The van der Waals surface area contributed by atoms with Crippen LogP contribution in [0.3, 0.4) is 0 Å². The molecule has 130 valence electrons. The molecule has 2 N–H and O–H groups in total. The molecule has 0 unspecified atom stereocenters. The van der Waals surface area contributed by atoms with E-state index in [2.05, 4.69) is 32.6 Å². The minimum absolute atomic E-state index is 0.335. The van der Waals surface area contributed by atoms with Crippen LogP contribution in [0.2, 0.25) is 0 Å². The Morgan fingerprint density at radius 1 is 1.04 bits per heavy atom. The number of hydrogen-bond acceptors (Lipinski definition) is 6. The van der Waals surface area contributed by atoms with Gasteiger partial charge in [0.05, 0.1) is 0 Å². The molecule has 5 rings (SSSR count). The van der Waals surface area contributed by atoms with Crippen LogP contribution < -0.4 is 14.8 Å². The van der Waals surface area contributed by atoms with E-state index in [0.717, 1.165) is 16.8 Å². The second kappa shape index (κ2) is 6.11.